The molecule has 10 heteroatoms. The fourth-order valence-electron chi connectivity index (χ4n) is 8.19. The number of amides is 2. The van der Waals surface area contributed by atoms with Gasteiger partial charge in [0, 0.05) is 53.6 Å². The van der Waals surface area contributed by atoms with Gasteiger partial charge < -0.3 is 19.3 Å². The number of para-hydroxylation sites is 2. The summed E-state index contributed by atoms with van der Waals surface area (Å²) in [6.07, 6.45) is -0.631. The Labute approximate surface area is 334 Å². The summed E-state index contributed by atoms with van der Waals surface area (Å²) in [6.45, 7) is 14.4. The van der Waals surface area contributed by atoms with Gasteiger partial charge in [0.15, 0.2) is 11.6 Å². The summed E-state index contributed by atoms with van der Waals surface area (Å²) in [5.74, 6) is -1.35. The molecule has 6 rings (SSSR count). The van der Waals surface area contributed by atoms with Crippen molar-refractivity contribution in [2.75, 3.05) is 36.2 Å². The second kappa shape index (κ2) is 16.9. The Morgan fingerprint density at radius 3 is 1.21 bits per heavy atom. The van der Waals surface area contributed by atoms with Crippen molar-refractivity contribution in [1.82, 2.24) is 0 Å². The van der Waals surface area contributed by atoms with E-state index in [-0.39, 0.29) is 62.5 Å². The van der Waals surface area contributed by atoms with Crippen LogP contribution < -0.4 is 9.80 Å². The number of ether oxygens (including phenoxy) is 2. The van der Waals surface area contributed by atoms with Crippen molar-refractivity contribution in [1.29, 1.82) is 0 Å². The van der Waals surface area contributed by atoms with E-state index in [0.717, 1.165) is 23.2 Å². The number of hydrogen-bond acceptors (Lipinski definition) is 6. The quantitative estimate of drug-likeness (QED) is 0.0699. The van der Waals surface area contributed by atoms with Crippen LogP contribution in [0.25, 0.3) is 0 Å². The van der Waals surface area contributed by atoms with Crippen molar-refractivity contribution in [3.05, 3.63) is 131 Å². The first-order chi connectivity index (χ1) is 26.7. The molecule has 4 aromatic rings. The van der Waals surface area contributed by atoms with Crippen LogP contribution in [-0.4, -0.2) is 66.0 Å². The number of ketones is 2. The summed E-state index contributed by atoms with van der Waals surface area (Å²) in [4.78, 5) is 64.2. The molecule has 0 saturated heterocycles. The third-order valence-corrected chi connectivity index (χ3v) is 14.5. The number of anilines is 2. The molecule has 2 atom stereocenters. The number of carbonyl (C=O) groups excluding carboxylic acids is 4. The van der Waals surface area contributed by atoms with Crippen LogP contribution >= 0.6 is 0 Å². The van der Waals surface area contributed by atoms with E-state index in [0.29, 0.717) is 35.7 Å². The Hall–Kier alpha value is -4.49. The third kappa shape index (κ3) is 8.58. The predicted octanol–water partition coefficient (Wildman–Crippen LogP) is 8.58. The first-order valence-electron chi connectivity index (χ1n) is 19.8. The van der Waals surface area contributed by atoms with Gasteiger partial charge in [0.25, 0.3) is 0 Å². The zero-order valence-corrected chi connectivity index (χ0v) is 35.8. The maximum absolute atomic E-state index is 15.9. The Morgan fingerprint density at radius 1 is 0.518 bits per heavy atom. The highest BCUT2D eigenvalue weighted by molar-refractivity contribution is 6.76. The normalized spacial score (nSPS) is 19.3. The maximum atomic E-state index is 15.9. The minimum absolute atomic E-state index is 0.201. The van der Waals surface area contributed by atoms with Crippen molar-refractivity contribution in [3.8, 4) is 0 Å². The second-order valence-electron chi connectivity index (χ2n) is 17.8. The fraction of sp³-hybridized carbons (Fsp3) is 0.391. The average molecular weight is 789 g/mol. The van der Waals surface area contributed by atoms with Gasteiger partial charge in [0.2, 0.25) is 11.8 Å². The average Bonchev–Trinajstić information content (AvgIpc) is 3.53. The summed E-state index contributed by atoms with van der Waals surface area (Å²) >= 11 is 0. The highest BCUT2D eigenvalue weighted by atomic mass is 28.3. The van der Waals surface area contributed by atoms with Gasteiger partial charge in [-0.25, -0.2) is 0 Å². The Balaban J connectivity index is 1.53. The molecule has 0 N–H and O–H groups in total. The van der Waals surface area contributed by atoms with Crippen LogP contribution in [0.1, 0.15) is 35.1 Å². The van der Waals surface area contributed by atoms with Crippen LogP contribution in [0.2, 0.25) is 51.4 Å². The largest absolute Gasteiger partial charge is 0.374 e. The summed E-state index contributed by atoms with van der Waals surface area (Å²) in [5.41, 5.74) is 0.628. The molecule has 2 amide bonds. The Morgan fingerprint density at radius 2 is 0.857 bits per heavy atom. The maximum Gasteiger partial charge on any atom is 0.239 e. The van der Waals surface area contributed by atoms with E-state index >= 15 is 9.59 Å². The number of rotatable bonds is 19. The molecule has 56 heavy (non-hydrogen) atoms. The van der Waals surface area contributed by atoms with E-state index in [1.54, 1.807) is 9.80 Å². The molecule has 0 saturated carbocycles. The van der Waals surface area contributed by atoms with E-state index < -0.39 is 27.0 Å². The molecule has 2 heterocycles. The molecule has 4 aromatic carbocycles. The van der Waals surface area contributed by atoms with E-state index in [1.165, 1.54) is 0 Å². The van der Waals surface area contributed by atoms with Crippen LogP contribution in [0.5, 0.6) is 0 Å². The molecule has 2 aliphatic heterocycles. The minimum Gasteiger partial charge on any atom is -0.374 e. The predicted molar refractivity (Wildman–Crippen MR) is 229 cm³/mol. The van der Waals surface area contributed by atoms with Crippen LogP contribution in [0, 0.1) is 0 Å². The smallest absolute Gasteiger partial charge is 0.239 e. The molecule has 0 bridgehead atoms. The van der Waals surface area contributed by atoms with Gasteiger partial charge in [0.1, 0.15) is 24.0 Å². The number of fused-ring (bicyclic) bond motifs is 2. The number of hydrogen-bond donors (Lipinski definition) is 0. The van der Waals surface area contributed by atoms with Gasteiger partial charge in [0.05, 0.1) is 13.1 Å². The molecule has 0 radical (unpaired) electrons. The Bertz CT molecular complexity index is 1900. The molecule has 0 fully saturated rings. The van der Waals surface area contributed by atoms with Gasteiger partial charge in [-0.3, -0.25) is 19.2 Å². The lowest BCUT2D eigenvalue weighted by Crippen LogP contribution is -2.61. The molecule has 294 valence electrons. The lowest BCUT2D eigenvalue weighted by molar-refractivity contribution is -0.142. The summed E-state index contributed by atoms with van der Waals surface area (Å²) in [6, 6.07) is 36.1. The molecular formula is C46H56N2O6Si2. The summed E-state index contributed by atoms with van der Waals surface area (Å²) in [5, 5.41) is 0. The zero-order chi connectivity index (χ0) is 40.1. The zero-order valence-electron chi connectivity index (χ0n) is 33.8. The van der Waals surface area contributed by atoms with Gasteiger partial charge in [-0.1, -0.05) is 136 Å². The highest BCUT2D eigenvalue weighted by Crippen LogP contribution is 2.62. The summed E-state index contributed by atoms with van der Waals surface area (Å²) in [7, 11) is -2.89. The first kappa shape index (κ1) is 41.2. The molecule has 2 aliphatic rings. The van der Waals surface area contributed by atoms with E-state index in [4.69, 9.17) is 9.47 Å². The van der Waals surface area contributed by atoms with Crippen LogP contribution in [0.4, 0.5) is 11.4 Å². The number of Topliss-reactive ketones (excluding diaryl/α,β-unsaturated/α-hetero) is 2. The van der Waals surface area contributed by atoms with Gasteiger partial charge >= 0.3 is 0 Å². The molecule has 0 aromatic heterocycles. The number of nitrogens with zero attached hydrogens (tertiary/aromatic N) is 2. The van der Waals surface area contributed by atoms with Gasteiger partial charge in [-0.05, 0) is 46.5 Å². The van der Waals surface area contributed by atoms with Crippen molar-refractivity contribution in [2.24, 2.45) is 0 Å². The van der Waals surface area contributed by atoms with Crippen LogP contribution in [0.15, 0.2) is 109 Å². The van der Waals surface area contributed by atoms with Crippen molar-refractivity contribution < 1.29 is 28.7 Å². The molecule has 0 spiro atoms. The standard InChI is InChI=1S/C46H56N2O6Si2/c1-55(2,3)27-25-53-33-37(49)29-45(39-21-13-15-23-41(39)47(43(45)51)31-35-17-9-7-10-18-35)46(30-38(50)34-54-26-28-56(4,5)6)40-22-14-16-24-42(40)48(44(46)52)32-36-19-11-8-12-20-36/h7-24H,25-34H2,1-6H3/t45-,46-/m1/s1. The molecule has 0 unspecified atom stereocenters. The lowest BCUT2D eigenvalue weighted by Gasteiger charge is -2.44. The second-order valence-corrected chi connectivity index (χ2v) is 29.0. The monoisotopic (exact) mass is 788 g/mol. The summed E-state index contributed by atoms with van der Waals surface area (Å²) < 4.78 is 12.0. The Kier molecular flexibility index (Phi) is 12.4. The van der Waals surface area contributed by atoms with Gasteiger partial charge in [-0.2, -0.15) is 0 Å². The molecule has 0 aliphatic carbocycles. The number of benzene rings is 4. The fourth-order valence-corrected chi connectivity index (χ4v) is 9.70. The van der Waals surface area contributed by atoms with Crippen molar-refractivity contribution in [2.45, 2.75) is 88.1 Å². The topological polar surface area (TPSA) is 93.2 Å². The van der Waals surface area contributed by atoms with E-state index in [9.17, 15) is 9.59 Å². The van der Waals surface area contributed by atoms with Gasteiger partial charge in [-0.15, -0.1) is 0 Å². The van der Waals surface area contributed by atoms with Crippen molar-refractivity contribution in [3.63, 3.8) is 0 Å². The van der Waals surface area contributed by atoms with Crippen LogP contribution in [-0.2, 0) is 52.6 Å². The highest BCUT2D eigenvalue weighted by Gasteiger charge is 2.71. The van der Waals surface area contributed by atoms with E-state index in [2.05, 4.69) is 39.3 Å². The lowest BCUT2D eigenvalue weighted by atomic mass is 9.53. The first-order valence-corrected chi connectivity index (χ1v) is 27.2. The number of carbonyl (C=O) groups is 4. The molecular weight excluding hydrogens is 733 g/mol. The van der Waals surface area contributed by atoms with Crippen LogP contribution in [0.3, 0.4) is 0 Å². The third-order valence-electron chi connectivity index (χ3n) is 11.1. The minimum atomic E-state index is -1.77. The molecule has 8 nitrogen and oxygen atoms in total. The van der Waals surface area contributed by atoms with E-state index in [1.807, 2.05) is 109 Å². The van der Waals surface area contributed by atoms with Crippen molar-refractivity contribution >= 4 is 50.9 Å². The SMILES string of the molecule is C[Si](C)(C)CCOCC(=O)C[C@]1([C@@]2(CC(=O)COCC[Si](C)(C)C)C(=O)N(Cc3ccccc3)c3ccccc32)C(=O)N(Cc2ccccc2)c2ccccc21.